The second-order valence-electron chi connectivity index (χ2n) is 9.06. The number of nitrogens with zero attached hydrogens (tertiary/aromatic N) is 1. The number of hydrogen-bond acceptors (Lipinski definition) is 4. The van der Waals surface area contributed by atoms with E-state index >= 15 is 0 Å². The summed E-state index contributed by atoms with van der Waals surface area (Å²) < 4.78 is 5.41. The molecule has 1 aromatic carbocycles. The molecule has 28 heavy (non-hydrogen) atoms. The van der Waals surface area contributed by atoms with Crippen LogP contribution in [-0.4, -0.2) is 23.0 Å². The summed E-state index contributed by atoms with van der Waals surface area (Å²) in [7, 11) is 0. The Labute approximate surface area is 163 Å². The fourth-order valence-corrected chi connectivity index (χ4v) is 6.10. The van der Waals surface area contributed by atoms with E-state index in [0.717, 1.165) is 43.2 Å². The summed E-state index contributed by atoms with van der Waals surface area (Å²) in [4.78, 5) is 24.9. The fourth-order valence-electron chi connectivity index (χ4n) is 6.10. The molecule has 4 fully saturated rings. The molecule has 0 spiro atoms. The SMILES string of the molecule is Cc1cccc(-c2cc(C(=O)NC3C4CC5CC3CC(C(N)=O)(C5)C4)no2)c1. The van der Waals surface area contributed by atoms with Gasteiger partial charge in [0.05, 0.1) is 0 Å². The van der Waals surface area contributed by atoms with Crippen LogP contribution in [0.5, 0.6) is 0 Å². The molecule has 4 aliphatic carbocycles. The fraction of sp³-hybridized carbons (Fsp3) is 0.500. The lowest BCUT2D eigenvalue weighted by molar-refractivity contribution is -0.145. The molecule has 146 valence electrons. The van der Waals surface area contributed by atoms with Crippen LogP contribution in [0.3, 0.4) is 0 Å². The quantitative estimate of drug-likeness (QED) is 0.853. The highest BCUT2D eigenvalue weighted by Crippen LogP contribution is 2.59. The summed E-state index contributed by atoms with van der Waals surface area (Å²) in [6, 6.07) is 9.70. The number of nitrogens with two attached hydrogens (primary N) is 1. The molecular weight excluding hydrogens is 354 g/mol. The van der Waals surface area contributed by atoms with Gasteiger partial charge in [-0.05, 0) is 62.8 Å². The van der Waals surface area contributed by atoms with Crippen LogP contribution >= 0.6 is 0 Å². The molecule has 2 aromatic rings. The average Bonchev–Trinajstić information content (AvgIpc) is 3.14. The Kier molecular flexibility index (Phi) is 3.86. The summed E-state index contributed by atoms with van der Waals surface area (Å²) in [6.07, 6.45) is 4.67. The van der Waals surface area contributed by atoms with Gasteiger partial charge in [0.15, 0.2) is 11.5 Å². The number of carbonyl (C=O) groups excluding carboxylic acids is 2. The molecule has 1 aromatic heterocycles. The minimum absolute atomic E-state index is 0.0932. The van der Waals surface area contributed by atoms with Gasteiger partial charge in [0.25, 0.3) is 5.91 Å². The molecule has 1 heterocycles. The van der Waals surface area contributed by atoms with Crippen molar-refractivity contribution in [2.24, 2.45) is 28.9 Å². The summed E-state index contributed by atoms with van der Waals surface area (Å²) >= 11 is 0. The van der Waals surface area contributed by atoms with Crippen LogP contribution < -0.4 is 11.1 Å². The third-order valence-corrected chi connectivity index (χ3v) is 7.14. The van der Waals surface area contributed by atoms with E-state index in [1.807, 2.05) is 31.2 Å². The van der Waals surface area contributed by atoms with Gasteiger partial charge in [-0.1, -0.05) is 28.9 Å². The first kappa shape index (κ1) is 17.5. The highest BCUT2D eigenvalue weighted by molar-refractivity contribution is 5.93. The lowest BCUT2D eigenvalue weighted by Gasteiger charge is -2.58. The van der Waals surface area contributed by atoms with E-state index in [2.05, 4.69) is 10.5 Å². The number of rotatable bonds is 4. The molecule has 2 atom stereocenters. The van der Waals surface area contributed by atoms with E-state index < -0.39 is 0 Å². The van der Waals surface area contributed by atoms with Gasteiger partial charge in [0.2, 0.25) is 5.91 Å². The second-order valence-corrected chi connectivity index (χ2v) is 9.06. The van der Waals surface area contributed by atoms with Gasteiger partial charge in [-0.2, -0.15) is 0 Å². The number of hydrogen-bond donors (Lipinski definition) is 2. The Balaban J connectivity index is 1.33. The number of primary amides is 1. The number of carbonyl (C=O) groups is 2. The first-order valence-corrected chi connectivity index (χ1v) is 10.1. The van der Waals surface area contributed by atoms with Crippen molar-refractivity contribution in [3.8, 4) is 11.3 Å². The van der Waals surface area contributed by atoms with Crippen LogP contribution in [0.15, 0.2) is 34.9 Å². The number of aromatic nitrogens is 1. The monoisotopic (exact) mass is 379 g/mol. The zero-order chi connectivity index (χ0) is 19.5. The first-order valence-electron chi connectivity index (χ1n) is 10.1. The van der Waals surface area contributed by atoms with Crippen molar-refractivity contribution in [3.63, 3.8) is 0 Å². The second kappa shape index (κ2) is 6.19. The Morgan fingerprint density at radius 1 is 1.18 bits per heavy atom. The van der Waals surface area contributed by atoms with Crippen LogP contribution in [0.4, 0.5) is 0 Å². The highest BCUT2D eigenvalue weighted by atomic mass is 16.5. The number of amides is 2. The smallest absolute Gasteiger partial charge is 0.273 e. The third-order valence-electron chi connectivity index (χ3n) is 7.14. The maximum atomic E-state index is 12.8. The van der Waals surface area contributed by atoms with Crippen molar-refractivity contribution in [2.45, 2.75) is 45.1 Å². The molecule has 0 saturated heterocycles. The van der Waals surface area contributed by atoms with Crippen molar-refractivity contribution >= 4 is 11.8 Å². The summed E-state index contributed by atoms with van der Waals surface area (Å²) in [5.41, 5.74) is 7.74. The predicted octanol–water partition coefficient (Wildman–Crippen LogP) is 3.06. The van der Waals surface area contributed by atoms with E-state index in [-0.39, 0.29) is 23.3 Å². The topological polar surface area (TPSA) is 98.2 Å². The normalized spacial score (nSPS) is 33.0. The van der Waals surface area contributed by atoms with Crippen molar-refractivity contribution in [2.75, 3.05) is 0 Å². The van der Waals surface area contributed by atoms with E-state index in [1.54, 1.807) is 6.07 Å². The molecule has 6 heteroatoms. The Bertz CT molecular complexity index is 934. The molecule has 2 amide bonds. The molecule has 6 rings (SSSR count). The lowest BCUT2D eigenvalue weighted by atomic mass is 9.47. The minimum atomic E-state index is -0.343. The molecule has 4 saturated carbocycles. The van der Waals surface area contributed by atoms with Gasteiger partial charge < -0.3 is 15.6 Å². The van der Waals surface area contributed by atoms with Crippen LogP contribution in [0.25, 0.3) is 11.3 Å². The van der Waals surface area contributed by atoms with Gasteiger partial charge >= 0.3 is 0 Å². The zero-order valence-electron chi connectivity index (χ0n) is 16.0. The molecule has 6 nitrogen and oxygen atoms in total. The molecule has 0 aliphatic heterocycles. The zero-order valence-corrected chi connectivity index (χ0v) is 16.0. The molecular formula is C22H25N3O3. The Morgan fingerprint density at radius 2 is 1.93 bits per heavy atom. The maximum Gasteiger partial charge on any atom is 0.273 e. The Hall–Kier alpha value is -2.63. The molecule has 0 radical (unpaired) electrons. The van der Waals surface area contributed by atoms with Gasteiger partial charge in [0, 0.05) is 23.1 Å². The summed E-state index contributed by atoms with van der Waals surface area (Å²) in [6.45, 7) is 2.01. The van der Waals surface area contributed by atoms with Crippen LogP contribution in [0.2, 0.25) is 0 Å². The molecule has 4 bridgehead atoms. The molecule has 4 aliphatic rings. The number of aryl methyl sites for hydroxylation is 1. The first-order chi connectivity index (χ1) is 13.4. The van der Waals surface area contributed by atoms with Crippen LogP contribution in [-0.2, 0) is 4.79 Å². The maximum absolute atomic E-state index is 12.8. The lowest BCUT2D eigenvalue weighted by Crippen LogP contribution is -2.62. The summed E-state index contributed by atoms with van der Waals surface area (Å²) in [5.74, 6) is 1.45. The van der Waals surface area contributed by atoms with E-state index in [1.165, 1.54) is 0 Å². The predicted molar refractivity (Wildman–Crippen MR) is 103 cm³/mol. The van der Waals surface area contributed by atoms with Crippen molar-refractivity contribution in [1.29, 1.82) is 0 Å². The van der Waals surface area contributed by atoms with Crippen molar-refractivity contribution in [1.82, 2.24) is 10.5 Å². The standard InChI is InChI=1S/C22H25N3O3/c1-12-3-2-4-14(5-12)18-8-17(25-28-18)20(26)24-19-15-6-13-7-16(19)11-22(9-13,10-15)21(23)27/h2-5,8,13,15-16,19H,6-7,9-11H2,1H3,(H2,23,27)(H,24,26). The van der Waals surface area contributed by atoms with Gasteiger partial charge in [0.1, 0.15) is 0 Å². The number of nitrogens with one attached hydrogen (secondary N) is 1. The molecule has 2 unspecified atom stereocenters. The number of benzene rings is 1. The van der Waals surface area contributed by atoms with Gasteiger partial charge in [-0.15, -0.1) is 0 Å². The molecule has 3 N–H and O–H groups in total. The Morgan fingerprint density at radius 3 is 2.61 bits per heavy atom. The summed E-state index contributed by atoms with van der Waals surface area (Å²) in [5, 5.41) is 7.18. The average molecular weight is 379 g/mol. The minimum Gasteiger partial charge on any atom is -0.369 e. The van der Waals surface area contributed by atoms with Crippen molar-refractivity contribution in [3.05, 3.63) is 41.6 Å². The third kappa shape index (κ3) is 2.74. The van der Waals surface area contributed by atoms with Crippen molar-refractivity contribution < 1.29 is 14.1 Å². The van der Waals surface area contributed by atoms with Gasteiger partial charge in [-0.3, -0.25) is 9.59 Å². The van der Waals surface area contributed by atoms with Crippen LogP contribution in [0.1, 0.15) is 48.2 Å². The van der Waals surface area contributed by atoms with Crippen LogP contribution in [0, 0.1) is 30.1 Å². The van der Waals surface area contributed by atoms with E-state index in [0.29, 0.717) is 29.2 Å². The van der Waals surface area contributed by atoms with E-state index in [4.69, 9.17) is 10.3 Å². The van der Waals surface area contributed by atoms with Gasteiger partial charge in [-0.25, -0.2) is 0 Å². The largest absolute Gasteiger partial charge is 0.369 e. The highest BCUT2D eigenvalue weighted by Gasteiger charge is 2.58. The van der Waals surface area contributed by atoms with E-state index in [9.17, 15) is 9.59 Å².